The van der Waals surface area contributed by atoms with E-state index in [1.165, 1.54) is 0 Å². The normalized spacial score (nSPS) is 11.5. The standard InChI is InChI=1S/C24H22N2O5/c1-24(2,29)14-4-6-15(7-5-14)25-23(28)26-16-8-11-21-20(12-16)19-13-17(30-3)9-10-18(19)22(27)31-21/h4-13,29H,1-3H3,(H2,25,26,28). The zero-order valence-corrected chi connectivity index (χ0v) is 17.4. The number of carbonyl (C=O) groups is 1. The van der Waals surface area contributed by atoms with Crippen LogP contribution in [0.5, 0.6) is 5.75 Å². The summed E-state index contributed by atoms with van der Waals surface area (Å²) in [4.78, 5) is 24.7. The molecule has 0 aliphatic heterocycles. The van der Waals surface area contributed by atoms with Gasteiger partial charge in [0.15, 0.2) is 0 Å². The molecule has 0 unspecified atom stereocenters. The molecule has 1 aromatic heterocycles. The minimum atomic E-state index is -0.952. The van der Waals surface area contributed by atoms with Crippen LogP contribution in [0.2, 0.25) is 0 Å². The zero-order valence-electron chi connectivity index (χ0n) is 17.4. The van der Waals surface area contributed by atoms with Crippen LogP contribution >= 0.6 is 0 Å². The van der Waals surface area contributed by atoms with Gasteiger partial charge in [0.2, 0.25) is 0 Å². The predicted octanol–water partition coefficient (Wildman–Crippen LogP) is 4.83. The van der Waals surface area contributed by atoms with Crippen molar-refractivity contribution >= 4 is 39.1 Å². The Morgan fingerprint density at radius 3 is 2.26 bits per heavy atom. The highest BCUT2D eigenvalue weighted by Crippen LogP contribution is 2.29. The molecule has 7 nitrogen and oxygen atoms in total. The van der Waals surface area contributed by atoms with Crippen LogP contribution in [0.4, 0.5) is 16.2 Å². The van der Waals surface area contributed by atoms with Crippen LogP contribution in [0.3, 0.4) is 0 Å². The van der Waals surface area contributed by atoms with Crippen molar-refractivity contribution in [3.05, 3.63) is 76.6 Å². The summed E-state index contributed by atoms with van der Waals surface area (Å²) in [5.41, 5.74) is 0.907. The van der Waals surface area contributed by atoms with Crippen LogP contribution in [-0.2, 0) is 5.60 Å². The average Bonchev–Trinajstić information content (AvgIpc) is 2.73. The van der Waals surface area contributed by atoms with Crippen molar-refractivity contribution in [1.82, 2.24) is 0 Å². The van der Waals surface area contributed by atoms with Gasteiger partial charge in [-0.1, -0.05) is 12.1 Å². The lowest BCUT2D eigenvalue weighted by Crippen LogP contribution is -2.20. The van der Waals surface area contributed by atoms with Crippen molar-refractivity contribution in [3.63, 3.8) is 0 Å². The van der Waals surface area contributed by atoms with Crippen molar-refractivity contribution in [2.75, 3.05) is 17.7 Å². The number of rotatable bonds is 4. The summed E-state index contributed by atoms with van der Waals surface area (Å²) in [6.07, 6.45) is 0. The second-order valence-corrected chi connectivity index (χ2v) is 7.73. The van der Waals surface area contributed by atoms with Gasteiger partial charge >= 0.3 is 11.7 Å². The van der Waals surface area contributed by atoms with Gasteiger partial charge in [0, 0.05) is 22.1 Å². The molecule has 0 saturated carbocycles. The second-order valence-electron chi connectivity index (χ2n) is 7.73. The third kappa shape index (κ3) is 4.22. The van der Waals surface area contributed by atoms with Gasteiger partial charge in [0.1, 0.15) is 11.3 Å². The quantitative estimate of drug-likeness (QED) is 0.326. The number of amides is 2. The first-order valence-corrected chi connectivity index (χ1v) is 9.70. The van der Waals surface area contributed by atoms with E-state index in [-0.39, 0.29) is 0 Å². The topological polar surface area (TPSA) is 101 Å². The summed E-state index contributed by atoms with van der Waals surface area (Å²) < 4.78 is 10.7. The van der Waals surface area contributed by atoms with E-state index in [1.54, 1.807) is 81.6 Å². The van der Waals surface area contributed by atoms with Crippen LogP contribution in [-0.4, -0.2) is 18.2 Å². The minimum Gasteiger partial charge on any atom is -0.497 e. The molecule has 3 N–H and O–H groups in total. The molecule has 0 spiro atoms. The summed E-state index contributed by atoms with van der Waals surface area (Å²) in [5.74, 6) is 0.616. The molecular weight excluding hydrogens is 396 g/mol. The minimum absolute atomic E-state index is 0.416. The Labute approximate surface area is 178 Å². The van der Waals surface area contributed by atoms with Gasteiger partial charge in [-0.3, -0.25) is 0 Å². The first kappa shape index (κ1) is 20.4. The smallest absolute Gasteiger partial charge is 0.344 e. The van der Waals surface area contributed by atoms with E-state index in [1.807, 2.05) is 0 Å². The Bertz CT molecular complexity index is 1330. The largest absolute Gasteiger partial charge is 0.497 e. The number of nitrogens with one attached hydrogen (secondary N) is 2. The number of fused-ring (bicyclic) bond motifs is 3. The predicted molar refractivity (Wildman–Crippen MR) is 121 cm³/mol. The number of hydrogen-bond acceptors (Lipinski definition) is 5. The number of ether oxygens (including phenoxy) is 1. The fourth-order valence-electron chi connectivity index (χ4n) is 3.37. The molecule has 0 aliphatic rings. The molecule has 0 aliphatic carbocycles. The summed E-state index contributed by atoms with van der Waals surface area (Å²) in [6, 6.07) is 16.7. The molecule has 2 amide bonds. The molecule has 1 heterocycles. The van der Waals surface area contributed by atoms with Crippen LogP contribution in [0.25, 0.3) is 21.7 Å². The van der Waals surface area contributed by atoms with Crippen LogP contribution in [0.1, 0.15) is 19.4 Å². The summed E-state index contributed by atoms with van der Waals surface area (Å²) in [5, 5.41) is 17.4. The Morgan fingerprint density at radius 2 is 1.58 bits per heavy atom. The molecule has 7 heteroatoms. The highest BCUT2D eigenvalue weighted by Gasteiger charge is 2.15. The second kappa shape index (κ2) is 7.77. The Hall–Kier alpha value is -3.84. The Morgan fingerprint density at radius 1 is 0.903 bits per heavy atom. The third-order valence-corrected chi connectivity index (χ3v) is 5.03. The summed E-state index contributed by atoms with van der Waals surface area (Å²) >= 11 is 0. The van der Waals surface area contributed by atoms with E-state index < -0.39 is 17.3 Å². The number of carbonyl (C=O) groups excluding carboxylic acids is 1. The van der Waals surface area contributed by atoms with Crippen molar-refractivity contribution in [3.8, 4) is 5.75 Å². The average molecular weight is 418 g/mol. The van der Waals surface area contributed by atoms with E-state index in [2.05, 4.69) is 10.6 Å². The number of aliphatic hydroxyl groups is 1. The first-order chi connectivity index (χ1) is 14.7. The lowest BCUT2D eigenvalue weighted by Gasteiger charge is -2.18. The molecule has 4 aromatic rings. The molecule has 3 aromatic carbocycles. The van der Waals surface area contributed by atoms with E-state index in [9.17, 15) is 14.7 Å². The number of benzene rings is 3. The molecule has 0 atom stereocenters. The van der Waals surface area contributed by atoms with Gasteiger partial charge in [0.05, 0.1) is 18.1 Å². The van der Waals surface area contributed by atoms with E-state index in [0.29, 0.717) is 38.9 Å². The molecule has 0 bridgehead atoms. The highest BCUT2D eigenvalue weighted by atomic mass is 16.5. The fraction of sp³-hybridized carbons (Fsp3) is 0.167. The fourth-order valence-corrected chi connectivity index (χ4v) is 3.37. The van der Waals surface area contributed by atoms with E-state index in [0.717, 1.165) is 5.56 Å². The highest BCUT2D eigenvalue weighted by molar-refractivity contribution is 6.07. The summed E-state index contributed by atoms with van der Waals surface area (Å²) in [6.45, 7) is 3.40. The molecule has 0 saturated heterocycles. The van der Waals surface area contributed by atoms with Gasteiger partial charge in [0.25, 0.3) is 0 Å². The van der Waals surface area contributed by atoms with Crippen LogP contribution in [0.15, 0.2) is 69.9 Å². The first-order valence-electron chi connectivity index (χ1n) is 9.70. The number of methoxy groups -OCH3 is 1. The van der Waals surface area contributed by atoms with Crippen molar-refractivity contribution in [2.45, 2.75) is 19.4 Å². The van der Waals surface area contributed by atoms with Gasteiger partial charge in [-0.25, -0.2) is 9.59 Å². The SMILES string of the molecule is COc1ccc2c(=O)oc3ccc(NC(=O)Nc4ccc(C(C)(C)O)cc4)cc3c2c1. The van der Waals surface area contributed by atoms with Gasteiger partial charge in [-0.05, 0) is 67.9 Å². The lowest BCUT2D eigenvalue weighted by molar-refractivity contribution is 0.0786. The number of urea groups is 1. The molecule has 0 radical (unpaired) electrons. The van der Waals surface area contributed by atoms with Crippen molar-refractivity contribution in [2.24, 2.45) is 0 Å². The van der Waals surface area contributed by atoms with Gasteiger partial charge < -0.3 is 24.9 Å². The maximum atomic E-state index is 12.5. The van der Waals surface area contributed by atoms with Crippen molar-refractivity contribution < 1.29 is 19.1 Å². The Kier molecular flexibility index (Phi) is 5.12. The van der Waals surface area contributed by atoms with Crippen LogP contribution < -0.4 is 21.0 Å². The maximum absolute atomic E-state index is 12.5. The third-order valence-electron chi connectivity index (χ3n) is 5.03. The number of hydrogen-bond donors (Lipinski definition) is 3. The van der Waals surface area contributed by atoms with Gasteiger partial charge in [-0.15, -0.1) is 0 Å². The summed E-state index contributed by atoms with van der Waals surface area (Å²) in [7, 11) is 1.56. The van der Waals surface area contributed by atoms with Gasteiger partial charge in [-0.2, -0.15) is 0 Å². The van der Waals surface area contributed by atoms with Crippen LogP contribution in [0, 0.1) is 0 Å². The van der Waals surface area contributed by atoms with E-state index in [4.69, 9.17) is 9.15 Å². The lowest BCUT2D eigenvalue weighted by atomic mass is 9.98. The number of anilines is 2. The zero-order chi connectivity index (χ0) is 22.2. The maximum Gasteiger partial charge on any atom is 0.344 e. The molecule has 0 fully saturated rings. The molecule has 4 rings (SSSR count). The monoisotopic (exact) mass is 418 g/mol. The van der Waals surface area contributed by atoms with E-state index >= 15 is 0 Å². The van der Waals surface area contributed by atoms with Crippen molar-refractivity contribution in [1.29, 1.82) is 0 Å². The molecular formula is C24H22N2O5. The molecule has 31 heavy (non-hydrogen) atoms. The Balaban J connectivity index is 1.61. The molecule has 158 valence electrons.